The summed E-state index contributed by atoms with van der Waals surface area (Å²) in [7, 11) is 0. The minimum atomic E-state index is -0.527. The predicted molar refractivity (Wildman–Crippen MR) is 68.7 cm³/mol. The number of carbonyl (C=O) groups excluding carboxylic acids is 1. The molecule has 0 bridgehead atoms. The molecule has 0 saturated heterocycles. The van der Waals surface area contributed by atoms with E-state index in [0.29, 0.717) is 5.56 Å². The molecule has 2 rings (SSSR count). The quantitative estimate of drug-likeness (QED) is 0.478. The number of hydrogen-bond donors (Lipinski definition) is 0. The van der Waals surface area contributed by atoms with E-state index in [4.69, 9.17) is 4.52 Å². The van der Waals surface area contributed by atoms with Crippen LogP contribution in [-0.4, -0.2) is 16.4 Å². The van der Waals surface area contributed by atoms with E-state index in [1.807, 2.05) is 0 Å². The number of nitro groups is 1. The highest BCUT2D eigenvalue weighted by molar-refractivity contribution is 5.77. The number of aryl methyl sites for hydroxylation is 1. The molecule has 2 aromatic rings. The van der Waals surface area contributed by atoms with Gasteiger partial charge in [0.1, 0.15) is 6.29 Å². The van der Waals surface area contributed by atoms with E-state index in [-0.39, 0.29) is 17.1 Å². The van der Waals surface area contributed by atoms with Gasteiger partial charge in [-0.05, 0) is 18.6 Å². The number of hydrogen-bond acceptors (Lipinski definition) is 5. The van der Waals surface area contributed by atoms with E-state index in [1.54, 1.807) is 30.3 Å². The number of aldehydes is 1. The molecule has 6 heteroatoms. The Labute approximate surface area is 108 Å². The Bertz CT molecular complexity index is 641. The van der Waals surface area contributed by atoms with Crippen LogP contribution < -0.4 is 0 Å². The summed E-state index contributed by atoms with van der Waals surface area (Å²) >= 11 is 0. The Morgan fingerprint density at radius 1 is 1.21 bits per heavy atom. The van der Waals surface area contributed by atoms with E-state index in [2.05, 4.69) is 5.16 Å². The van der Waals surface area contributed by atoms with Gasteiger partial charge in [0.2, 0.25) is 5.76 Å². The molecule has 0 radical (unpaired) electrons. The molecule has 1 aromatic heterocycles. The summed E-state index contributed by atoms with van der Waals surface area (Å²) in [6, 6.07) is 6.78. The van der Waals surface area contributed by atoms with Crippen LogP contribution in [0.3, 0.4) is 0 Å². The number of benzene rings is 1. The fourth-order valence-electron chi connectivity index (χ4n) is 1.57. The summed E-state index contributed by atoms with van der Waals surface area (Å²) in [5, 5.41) is 14.4. The standard InChI is InChI=1S/C13H10N2O4/c1-9-13(15(17)18)12(19-14-9)7-6-10-2-4-11(8-16)5-3-10/h2-8H,1H3/b7-6+. The number of nitrogens with zero attached hydrogens (tertiary/aromatic N) is 2. The molecule has 0 aliphatic heterocycles. The molecule has 0 N–H and O–H groups in total. The maximum atomic E-state index is 10.8. The second kappa shape index (κ2) is 5.26. The lowest BCUT2D eigenvalue weighted by Crippen LogP contribution is -1.90. The first-order chi connectivity index (χ1) is 9.11. The second-order valence-electron chi connectivity index (χ2n) is 3.86. The maximum Gasteiger partial charge on any atom is 0.338 e. The molecule has 96 valence electrons. The Balaban J connectivity index is 2.27. The lowest BCUT2D eigenvalue weighted by Gasteiger charge is -1.93. The molecule has 19 heavy (non-hydrogen) atoms. The molecule has 0 aliphatic carbocycles. The second-order valence-corrected chi connectivity index (χ2v) is 3.86. The first kappa shape index (κ1) is 12.7. The summed E-state index contributed by atoms with van der Waals surface area (Å²) in [6.07, 6.45) is 3.88. The van der Waals surface area contributed by atoms with Crippen molar-refractivity contribution in [1.29, 1.82) is 0 Å². The van der Waals surface area contributed by atoms with Crippen LogP contribution in [0.4, 0.5) is 5.69 Å². The molecule has 0 aliphatic rings. The van der Waals surface area contributed by atoms with Crippen molar-refractivity contribution in [2.45, 2.75) is 6.92 Å². The van der Waals surface area contributed by atoms with Gasteiger partial charge in [-0.25, -0.2) is 0 Å². The van der Waals surface area contributed by atoms with Gasteiger partial charge in [-0.1, -0.05) is 35.5 Å². The molecule has 6 nitrogen and oxygen atoms in total. The van der Waals surface area contributed by atoms with Crippen molar-refractivity contribution in [3.8, 4) is 0 Å². The van der Waals surface area contributed by atoms with Gasteiger partial charge in [-0.2, -0.15) is 0 Å². The first-order valence-electron chi connectivity index (χ1n) is 5.46. The summed E-state index contributed by atoms with van der Waals surface area (Å²) < 4.78 is 4.89. The molecule has 0 fully saturated rings. The molecular formula is C13H10N2O4. The van der Waals surface area contributed by atoms with Crippen molar-refractivity contribution in [2.24, 2.45) is 0 Å². The average molecular weight is 258 g/mol. The number of aromatic nitrogens is 1. The van der Waals surface area contributed by atoms with Crippen molar-refractivity contribution in [3.63, 3.8) is 0 Å². The zero-order valence-electron chi connectivity index (χ0n) is 10.1. The molecule has 0 saturated carbocycles. The van der Waals surface area contributed by atoms with Crippen molar-refractivity contribution in [1.82, 2.24) is 5.16 Å². The summed E-state index contributed by atoms with van der Waals surface area (Å²) in [6.45, 7) is 1.51. The SMILES string of the molecule is Cc1noc(/C=C/c2ccc(C=O)cc2)c1[N+](=O)[O-]. The minimum Gasteiger partial charge on any atom is -0.349 e. The van der Waals surface area contributed by atoms with Gasteiger partial charge in [-0.15, -0.1) is 0 Å². The lowest BCUT2D eigenvalue weighted by molar-refractivity contribution is -0.386. The maximum absolute atomic E-state index is 10.8. The molecule has 1 aromatic carbocycles. The zero-order valence-corrected chi connectivity index (χ0v) is 10.1. The Kier molecular flexibility index (Phi) is 3.51. The van der Waals surface area contributed by atoms with Crippen LogP contribution in [0.1, 0.15) is 27.4 Å². The molecular weight excluding hydrogens is 248 g/mol. The van der Waals surface area contributed by atoms with Gasteiger partial charge < -0.3 is 4.52 Å². The van der Waals surface area contributed by atoms with E-state index >= 15 is 0 Å². The Morgan fingerprint density at radius 2 is 1.84 bits per heavy atom. The Morgan fingerprint density at radius 3 is 2.42 bits per heavy atom. The predicted octanol–water partition coefficient (Wildman–Crippen LogP) is 2.87. The van der Waals surface area contributed by atoms with Crippen LogP contribution in [0, 0.1) is 17.0 Å². The average Bonchev–Trinajstić information content (AvgIpc) is 2.78. The third-order valence-electron chi connectivity index (χ3n) is 2.54. The van der Waals surface area contributed by atoms with Crippen LogP contribution >= 0.6 is 0 Å². The van der Waals surface area contributed by atoms with E-state index < -0.39 is 4.92 Å². The van der Waals surface area contributed by atoms with Crippen molar-refractivity contribution >= 4 is 24.1 Å². The number of rotatable bonds is 4. The highest BCUT2D eigenvalue weighted by Crippen LogP contribution is 2.24. The summed E-state index contributed by atoms with van der Waals surface area (Å²) in [5.74, 6) is 0.0990. The fourth-order valence-corrected chi connectivity index (χ4v) is 1.57. The van der Waals surface area contributed by atoms with Gasteiger partial charge in [-0.3, -0.25) is 14.9 Å². The molecule has 1 heterocycles. The minimum absolute atomic E-state index is 0.0990. The van der Waals surface area contributed by atoms with E-state index in [9.17, 15) is 14.9 Å². The highest BCUT2D eigenvalue weighted by atomic mass is 16.6. The van der Waals surface area contributed by atoms with Crippen molar-refractivity contribution in [2.75, 3.05) is 0 Å². The van der Waals surface area contributed by atoms with Crippen LogP contribution in [0.5, 0.6) is 0 Å². The smallest absolute Gasteiger partial charge is 0.338 e. The van der Waals surface area contributed by atoms with Gasteiger partial charge >= 0.3 is 5.69 Å². The van der Waals surface area contributed by atoms with E-state index in [0.717, 1.165) is 11.8 Å². The molecule has 0 atom stereocenters. The largest absolute Gasteiger partial charge is 0.349 e. The third kappa shape index (κ3) is 2.74. The van der Waals surface area contributed by atoms with Crippen LogP contribution in [-0.2, 0) is 0 Å². The van der Waals surface area contributed by atoms with Gasteiger partial charge in [0, 0.05) is 5.56 Å². The van der Waals surface area contributed by atoms with Crippen LogP contribution in [0.25, 0.3) is 12.2 Å². The summed E-state index contributed by atoms with van der Waals surface area (Å²) in [5.41, 5.74) is 1.47. The monoisotopic (exact) mass is 258 g/mol. The molecule has 0 amide bonds. The molecule has 0 unspecified atom stereocenters. The number of carbonyl (C=O) groups is 1. The Hall–Kier alpha value is -2.76. The van der Waals surface area contributed by atoms with Crippen molar-refractivity contribution in [3.05, 3.63) is 57.0 Å². The first-order valence-corrected chi connectivity index (χ1v) is 5.46. The highest BCUT2D eigenvalue weighted by Gasteiger charge is 2.21. The van der Waals surface area contributed by atoms with Gasteiger partial charge in [0.15, 0.2) is 5.69 Å². The van der Waals surface area contributed by atoms with Crippen LogP contribution in [0.15, 0.2) is 28.8 Å². The normalized spacial score (nSPS) is 10.8. The van der Waals surface area contributed by atoms with Gasteiger partial charge in [0.05, 0.1) is 4.92 Å². The van der Waals surface area contributed by atoms with Gasteiger partial charge in [0.25, 0.3) is 0 Å². The topological polar surface area (TPSA) is 86.2 Å². The van der Waals surface area contributed by atoms with E-state index in [1.165, 1.54) is 13.0 Å². The van der Waals surface area contributed by atoms with Crippen LogP contribution in [0.2, 0.25) is 0 Å². The molecule has 0 spiro atoms. The summed E-state index contributed by atoms with van der Waals surface area (Å²) in [4.78, 5) is 20.8. The zero-order chi connectivity index (χ0) is 13.8. The fraction of sp³-hybridized carbons (Fsp3) is 0.0769. The lowest BCUT2D eigenvalue weighted by atomic mass is 10.1. The van der Waals surface area contributed by atoms with Crippen molar-refractivity contribution < 1.29 is 14.2 Å². The third-order valence-corrected chi connectivity index (χ3v) is 2.54.